The third kappa shape index (κ3) is 3.03. The van der Waals surface area contributed by atoms with Crippen LogP contribution in [0.4, 0.5) is 5.82 Å². The van der Waals surface area contributed by atoms with Gasteiger partial charge in [0, 0.05) is 46.3 Å². The van der Waals surface area contributed by atoms with Crippen molar-refractivity contribution < 1.29 is 13.2 Å². The van der Waals surface area contributed by atoms with Crippen molar-refractivity contribution in [3.8, 4) is 0 Å². The van der Waals surface area contributed by atoms with Gasteiger partial charge in [0.2, 0.25) is 15.9 Å². The summed E-state index contributed by atoms with van der Waals surface area (Å²) in [5, 5.41) is 3.87. The molecule has 2 rings (SSSR count). The molecular formula is C12H21N5O3S. The number of carbonyl (C=O) groups excluding carboxylic acids is 1. The van der Waals surface area contributed by atoms with E-state index in [9.17, 15) is 13.2 Å². The Labute approximate surface area is 124 Å². The number of nitrogen functional groups attached to an aromatic ring is 1. The number of aryl methyl sites for hydroxylation is 1. The average molecular weight is 315 g/mol. The lowest BCUT2D eigenvalue weighted by molar-refractivity contribution is -0.134. The molecule has 0 aromatic carbocycles. The maximum atomic E-state index is 12.5. The maximum Gasteiger partial charge on any atom is 0.248 e. The summed E-state index contributed by atoms with van der Waals surface area (Å²) in [7, 11) is 1.40. The second kappa shape index (κ2) is 5.64. The molecule has 0 aliphatic carbocycles. The third-order valence-corrected chi connectivity index (χ3v) is 5.60. The number of rotatable bonds is 3. The van der Waals surface area contributed by atoms with E-state index in [0.29, 0.717) is 25.9 Å². The van der Waals surface area contributed by atoms with E-state index in [1.54, 1.807) is 26.0 Å². The number of nitrogens with two attached hydrogens (primary N) is 1. The number of sulfonamides is 1. The molecule has 0 atom stereocenters. The van der Waals surface area contributed by atoms with Crippen molar-refractivity contribution >= 4 is 21.7 Å². The van der Waals surface area contributed by atoms with E-state index in [0.717, 1.165) is 0 Å². The lowest BCUT2D eigenvalue weighted by Gasteiger charge is -2.31. The Kier molecular flexibility index (Phi) is 4.24. The standard InChI is InChI=1S/C12H21N5O3S/c1-15(2)12(18)9-4-6-17(7-5-9)21(19,20)10-8-16(3)14-11(10)13/h8-9H,4-7H2,1-3H3,(H2,13,14). The second-order valence-corrected chi connectivity index (χ2v) is 7.37. The molecule has 1 aromatic rings. The largest absolute Gasteiger partial charge is 0.381 e. The van der Waals surface area contributed by atoms with Crippen LogP contribution < -0.4 is 5.73 Å². The van der Waals surface area contributed by atoms with Crippen LogP contribution in [-0.2, 0) is 21.9 Å². The predicted molar refractivity (Wildman–Crippen MR) is 77.8 cm³/mol. The smallest absolute Gasteiger partial charge is 0.248 e. The fraction of sp³-hybridized carbons (Fsp3) is 0.667. The molecule has 0 bridgehead atoms. The summed E-state index contributed by atoms with van der Waals surface area (Å²) in [6, 6.07) is 0. The highest BCUT2D eigenvalue weighted by atomic mass is 32.2. The van der Waals surface area contributed by atoms with Gasteiger partial charge >= 0.3 is 0 Å². The van der Waals surface area contributed by atoms with Crippen molar-refractivity contribution in [2.45, 2.75) is 17.7 Å². The number of anilines is 1. The maximum absolute atomic E-state index is 12.5. The second-order valence-electron chi connectivity index (χ2n) is 5.46. The monoisotopic (exact) mass is 315 g/mol. The molecule has 1 amide bonds. The number of nitrogens with zero attached hydrogens (tertiary/aromatic N) is 4. The van der Waals surface area contributed by atoms with Gasteiger partial charge in [-0.3, -0.25) is 9.48 Å². The zero-order valence-corrected chi connectivity index (χ0v) is 13.3. The Hall–Kier alpha value is -1.61. The molecule has 21 heavy (non-hydrogen) atoms. The van der Waals surface area contributed by atoms with Crippen LogP contribution in [0.3, 0.4) is 0 Å². The highest BCUT2D eigenvalue weighted by molar-refractivity contribution is 7.89. The Morgan fingerprint density at radius 2 is 1.95 bits per heavy atom. The van der Waals surface area contributed by atoms with Crippen molar-refractivity contribution in [1.82, 2.24) is 19.0 Å². The first-order valence-corrected chi connectivity index (χ1v) is 8.18. The number of piperidine rings is 1. The van der Waals surface area contributed by atoms with Crippen molar-refractivity contribution in [3.63, 3.8) is 0 Å². The molecule has 1 aliphatic heterocycles. The fourth-order valence-electron chi connectivity index (χ4n) is 2.53. The summed E-state index contributed by atoms with van der Waals surface area (Å²) >= 11 is 0. The van der Waals surface area contributed by atoms with Gasteiger partial charge in [-0.05, 0) is 12.8 Å². The van der Waals surface area contributed by atoms with E-state index in [-0.39, 0.29) is 22.5 Å². The molecule has 118 valence electrons. The first kappa shape index (κ1) is 15.8. The highest BCUT2D eigenvalue weighted by Crippen LogP contribution is 2.26. The Morgan fingerprint density at radius 3 is 2.38 bits per heavy atom. The van der Waals surface area contributed by atoms with Crippen LogP contribution >= 0.6 is 0 Å². The molecule has 0 spiro atoms. The Morgan fingerprint density at radius 1 is 1.38 bits per heavy atom. The van der Waals surface area contributed by atoms with E-state index < -0.39 is 10.0 Å². The number of hydrogen-bond acceptors (Lipinski definition) is 5. The normalized spacial score (nSPS) is 17.9. The van der Waals surface area contributed by atoms with Crippen molar-refractivity contribution in [3.05, 3.63) is 6.20 Å². The van der Waals surface area contributed by atoms with Gasteiger partial charge in [0.15, 0.2) is 5.82 Å². The van der Waals surface area contributed by atoms with Gasteiger partial charge in [-0.2, -0.15) is 9.40 Å². The Balaban J connectivity index is 2.11. The van der Waals surface area contributed by atoms with Crippen LogP contribution in [0.15, 0.2) is 11.1 Å². The van der Waals surface area contributed by atoms with Gasteiger partial charge in [0.05, 0.1) is 0 Å². The van der Waals surface area contributed by atoms with Crippen LogP contribution in [0.25, 0.3) is 0 Å². The molecule has 0 radical (unpaired) electrons. The van der Waals surface area contributed by atoms with Gasteiger partial charge in [0.25, 0.3) is 0 Å². The number of amides is 1. The SMILES string of the molecule is CN(C)C(=O)C1CCN(S(=O)(=O)c2cn(C)nc2N)CC1. The van der Waals surface area contributed by atoms with Gasteiger partial charge in [-0.1, -0.05) is 0 Å². The van der Waals surface area contributed by atoms with E-state index in [2.05, 4.69) is 5.10 Å². The van der Waals surface area contributed by atoms with Crippen LogP contribution in [0.2, 0.25) is 0 Å². The summed E-state index contributed by atoms with van der Waals surface area (Å²) in [6.07, 6.45) is 2.45. The molecule has 1 saturated heterocycles. The molecule has 2 heterocycles. The van der Waals surface area contributed by atoms with Crippen molar-refractivity contribution in [1.29, 1.82) is 0 Å². The zero-order chi connectivity index (χ0) is 15.8. The molecule has 2 N–H and O–H groups in total. The van der Waals surface area contributed by atoms with Crippen LogP contribution in [-0.4, -0.2) is 60.5 Å². The minimum Gasteiger partial charge on any atom is -0.381 e. The zero-order valence-electron chi connectivity index (χ0n) is 12.5. The quantitative estimate of drug-likeness (QED) is 0.809. The third-order valence-electron chi connectivity index (χ3n) is 3.68. The molecule has 8 nitrogen and oxygen atoms in total. The van der Waals surface area contributed by atoms with Crippen molar-refractivity contribution in [2.24, 2.45) is 13.0 Å². The molecule has 0 saturated carbocycles. The highest BCUT2D eigenvalue weighted by Gasteiger charge is 2.34. The molecule has 0 unspecified atom stereocenters. The van der Waals surface area contributed by atoms with Gasteiger partial charge in [-0.15, -0.1) is 0 Å². The summed E-state index contributed by atoms with van der Waals surface area (Å²) in [5.41, 5.74) is 5.65. The van der Waals surface area contributed by atoms with E-state index in [4.69, 9.17) is 5.73 Å². The minimum absolute atomic E-state index is 0.00370. The van der Waals surface area contributed by atoms with Gasteiger partial charge in [-0.25, -0.2) is 8.42 Å². The summed E-state index contributed by atoms with van der Waals surface area (Å²) in [5.74, 6) is -0.0605. The van der Waals surface area contributed by atoms with Crippen LogP contribution in [0.1, 0.15) is 12.8 Å². The molecule has 1 aromatic heterocycles. The lowest BCUT2D eigenvalue weighted by Crippen LogP contribution is -2.42. The first-order chi connectivity index (χ1) is 9.73. The molecular weight excluding hydrogens is 294 g/mol. The number of aromatic nitrogens is 2. The van der Waals surface area contributed by atoms with E-state index in [1.807, 2.05) is 0 Å². The molecule has 1 aliphatic rings. The summed E-state index contributed by atoms with van der Waals surface area (Å²) in [4.78, 5) is 13.5. The van der Waals surface area contributed by atoms with Crippen LogP contribution in [0.5, 0.6) is 0 Å². The minimum atomic E-state index is -3.64. The predicted octanol–water partition coefficient (Wildman–Crippen LogP) is -0.509. The number of hydrogen-bond donors (Lipinski definition) is 1. The topological polar surface area (TPSA) is 102 Å². The summed E-state index contributed by atoms with van der Waals surface area (Å²) < 4.78 is 27.8. The van der Waals surface area contributed by atoms with E-state index in [1.165, 1.54) is 15.2 Å². The molecule has 1 fully saturated rings. The van der Waals surface area contributed by atoms with Gasteiger partial charge < -0.3 is 10.6 Å². The number of carbonyl (C=O) groups is 1. The summed E-state index contributed by atoms with van der Waals surface area (Å²) in [6.45, 7) is 0.641. The van der Waals surface area contributed by atoms with Crippen LogP contribution in [0, 0.1) is 5.92 Å². The lowest BCUT2D eigenvalue weighted by atomic mass is 9.97. The molecule has 9 heteroatoms. The first-order valence-electron chi connectivity index (χ1n) is 6.74. The van der Waals surface area contributed by atoms with Crippen molar-refractivity contribution in [2.75, 3.05) is 32.9 Å². The average Bonchev–Trinajstić information content (AvgIpc) is 2.77. The fourth-order valence-corrected chi connectivity index (χ4v) is 4.09. The Bertz CT molecular complexity index is 629. The van der Waals surface area contributed by atoms with E-state index >= 15 is 0 Å². The van der Waals surface area contributed by atoms with Gasteiger partial charge in [0.1, 0.15) is 4.90 Å².